The average molecular weight is 1110 g/mol. The molecule has 66 heavy (non-hydrogen) atoms. The van der Waals surface area contributed by atoms with E-state index in [-0.39, 0.29) is 42.3 Å². The van der Waals surface area contributed by atoms with Crippen LogP contribution in [0.15, 0.2) is 108 Å². The number of hydrogen-bond acceptors (Lipinski definition) is 4. The van der Waals surface area contributed by atoms with Crippen LogP contribution in [0.1, 0.15) is 69.4 Å². The van der Waals surface area contributed by atoms with Crippen molar-refractivity contribution in [3.8, 4) is 39.7 Å². The van der Waals surface area contributed by atoms with Crippen molar-refractivity contribution in [1.82, 2.24) is 9.97 Å². The summed E-state index contributed by atoms with van der Waals surface area (Å²) in [5.41, 5.74) is -2.44. The van der Waals surface area contributed by atoms with Crippen LogP contribution in [0, 0.1) is 23.5 Å². The van der Waals surface area contributed by atoms with Gasteiger partial charge in [0.05, 0.1) is 17.2 Å². The minimum Gasteiger partial charge on any atom is -0.500 e. The van der Waals surface area contributed by atoms with E-state index in [4.69, 9.17) is 4.42 Å². The number of fused-ring (bicyclic) bond motifs is 3. The molecule has 0 aliphatic heterocycles. The fourth-order valence-corrected chi connectivity index (χ4v) is 10.9. The minimum atomic E-state index is -5.13. The standard InChI is InChI=1S/C34H31F4N2OSi.C19H24F2NSi.Ir/c1-32(2,3)27-19-40-28(17-26(27)33(35,34(36,37)38)20-42(4,5)6)25-14-10-13-23-24-16-15-22(18-39)29(31(24)41-30(23)25)21-11-8-7-9-12-21;1-18(2,3)15-12-17(14-10-8-7-9-11-14)22-13-16(15)19(20,21)23(4,5)6;/h7-13,15-17,19H,20H2,1-6H3;7-10,12-13H,1-6H3;/q2*-1;. The Balaban J connectivity index is 0.000000289. The zero-order valence-corrected chi connectivity index (χ0v) is 43.8. The number of furan rings is 1. The van der Waals surface area contributed by atoms with Gasteiger partial charge in [-0.25, -0.2) is 13.2 Å². The smallest absolute Gasteiger partial charge is 0.426 e. The molecule has 3 aromatic heterocycles. The van der Waals surface area contributed by atoms with E-state index in [0.29, 0.717) is 44.5 Å². The molecule has 0 bridgehead atoms. The van der Waals surface area contributed by atoms with Gasteiger partial charge in [0.2, 0.25) is 5.67 Å². The van der Waals surface area contributed by atoms with Crippen LogP contribution in [0.3, 0.4) is 0 Å². The molecule has 1 radical (unpaired) electrons. The third-order valence-corrected chi connectivity index (χ3v) is 15.1. The van der Waals surface area contributed by atoms with Crippen molar-refractivity contribution in [2.45, 2.75) is 115 Å². The molecule has 7 rings (SSSR count). The van der Waals surface area contributed by atoms with E-state index < -0.39 is 50.6 Å². The van der Waals surface area contributed by atoms with Crippen molar-refractivity contribution in [2.75, 3.05) is 0 Å². The first kappa shape index (κ1) is 52.1. The Kier molecular flexibility index (Phi) is 14.7. The number of alkyl halides is 6. The Hall–Kier alpha value is -4.87. The van der Waals surface area contributed by atoms with Gasteiger partial charge in [0.15, 0.2) is 0 Å². The third kappa shape index (κ3) is 10.5. The van der Waals surface area contributed by atoms with E-state index in [9.17, 15) is 18.4 Å². The number of hydrogen-bond donors (Lipinski definition) is 0. The second-order valence-corrected chi connectivity index (χ2v) is 31.5. The van der Waals surface area contributed by atoms with Gasteiger partial charge in [-0.05, 0) is 56.6 Å². The monoisotopic (exact) mass is 1110 g/mol. The number of nitrogens with zero attached hydrogens (tertiary/aromatic N) is 3. The summed E-state index contributed by atoms with van der Waals surface area (Å²) in [5, 5.41) is 11.3. The van der Waals surface area contributed by atoms with Gasteiger partial charge in [-0.1, -0.05) is 140 Å². The van der Waals surface area contributed by atoms with Crippen LogP contribution in [0.25, 0.3) is 55.6 Å². The van der Waals surface area contributed by atoms with Crippen molar-refractivity contribution >= 4 is 38.1 Å². The molecule has 0 amide bonds. The zero-order chi connectivity index (χ0) is 48.1. The van der Waals surface area contributed by atoms with E-state index in [0.717, 1.165) is 16.5 Å². The maximum Gasteiger partial charge on any atom is 0.426 e. The topological polar surface area (TPSA) is 62.7 Å². The molecule has 0 aliphatic rings. The molecular formula is C53H55F6IrN3OSi2-2. The minimum absolute atomic E-state index is 0. The predicted octanol–water partition coefficient (Wildman–Crippen LogP) is 16.2. The summed E-state index contributed by atoms with van der Waals surface area (Å²) < 4.78 is 97.0. The van der Waals surface area contributed by atoms with E-state index in [1.807, 2.05) is 69.3 Å². The van der Waals surface area contributed by atoms with Crippen molar-refractivity contribution in [3.05, 3.63) is 143 Å². The molecule has 7 aromatic rings. The molecule has 0 aliphatic carbocycles. The maximum atomic E-state index is 16.6. The van der Waals surface area contributed by atoms with Crippen LogP contribution in [-0.2, 0) is 42.1 Å². The molecule has 3 heterocycles. The van der Waals surface area contributed by atoms with E-state index >= 15 is 13.2 Å². The molecule has 0 saturated carbocycles. The number of nitriles is 1. The van der Waals surface area contributed by atoms with E-state index in [1.165, 1.54) is 18.5 Å². The van der Waals surface area contributed by atoms with Gasteiger partial charge in [0.1, 0.15) is 13.7 Å². The summed E-state index contributed by atoms with van der Waals surface area (Å²) in [5.74, 6) is 0. The summed E-state index contributed by atoms with van der Waals surface area (Å²) in [6.45, 7) is 21.4. The zero-order valence-electron chi connectivity index (χ0n) is 39.4. The third-order valence-electron chi connectivity index (χ3n) is 11.4. The summed E-state index contributed by atoms with van der Waals surface area (Å²) >= 11 is 0. The van der Waals surface area contributed by atoms with Crippen LogP contribution >= 0.6 is 0 Å². The number of pyridine rings is 2. The van der Waals surface area contributed by atoms with Gasteiger partial charge in [-0.2, -0.15) is 18.4 Å². The van der Waals surface area contributed by atoms with Gasteiger partial charge in [-0.15, -0.1) is 54.1 Å². The van der Waals surface area contributed by atoms with Crippen LogP contribution in [0.2, 0.25) is 45.3 Å². The molecule has 349 valence electrons. The maximum absolute atomic E-state index is 16.6. The normalized spacial score (nSPS) is 13.7. The molecule has 0 fully saturated rings. The molecule has 13 heteroatoms. The molecule has 1 unspecified atom stereocenters. The predicted molar refractivity (Wildman–Crippen MR) is 256 cm³/mol. The Morgan fingerprint density at radius 1 is 0.636 bits per heavy atom. The first-order valence-corrected chi connectivity index (χ1v) is 28.7. The fraction of sp³-hybridized carbons (Fsp3) is 0.340. The van der Waals surface area contributed by atoms with Crippen molar-refractivity contribution < 1.29 is 50.9 Å². The van der Waals surface area contributed by atoms with E-state index in [2.05, 4.69) is 28.2 Å². The largest absolute Gasteiger partial charge is 0.500 e. The van der Waals surface area contributed by atoms with Crippen molar-refractivity contribution in [2.24, 2.45) is 0 Å². The van der Waals surface area contributed by atoms with Crippen LogP contribution in [0.5, 0.6) is 0 Å². The first-order valence-electron chi connectivity index (χ1n) is 21.5. The van der Waals surface area contributed by atoms with Crippen LogP contribution in [0.4, 0.5) is 26.3 Å². The van der Waals surface area contributed by atoms with E-state index in [1.54, 1.807) is 96.5 Å². The second-order valence-electron chi connectivity index (χ2n) is 20.9. The second kappa shape index (κ2) is 18.7. The summed E-state index contributed by atoms with van der Waals surface area (Å²) in [7, 11) is -5.26. The Bertz CT molecular complexity index is 2890. The Labute approximate surface area is 400 Å². The Morgan fingerprint density at radius 2 is 1.21 bits per heavy atom. The van der Waals surface area contributed by atoms with Crippen molar-refractivity contribution in [3.63, 3.8) is 0 Å². The number of halogens is 6. The summed E-state index contributed by atoms with van der Waals surface area (Å²) in [6, 6.07) is 34.6. The Morgan fingerprint density at radius 3 is 1.76 bits per heavy atom. The van der Waals surface area contributed by atoms with Crippen molar-refractivity contribution in [1.29, 1.82) is 5.26 Å². The number of aromatic nitrogens is 2. The summed E-state index contributed by atoms with van der Waals surface area (Å²) in [6.07, 6.45) is -2.40. The quantitative estimate of drug-likeness (QED) is 0.0864. The SMILES string of the molecule is CC(C)(C)c1cc(-c2[c-]cccc2)ncc1C(F)(F)[Si](C)(C)C.CC(C)(C)c1cnc(-c2[c-]ccc3c2oc2c(-c4ccccc4)c(C#N)ccc23)cc1C(F)(C[Si](C)(C)C)C(F)(F)F.[Ir]. The molecular weight excluding hydrogens is 1060 g/mol. The molecule has 0 N–H and O–H groups in total. The molecule has 0 saturated heterocycles. The van der Waals surface area contributed by atoms with Gasteiger partial charge < -0.3 is 14.4 Å². The first-order chi connectivity index (χ1) is 30.0. The average Bonchev–Trinajstić information content (AvgIpc) is 3.60. The van der Waals surface area contributed by atoms with Crippen LogP contribution in [-0.4, -0.2) is 32.3 Å². The van der Waals surface area contributed by atoms with Gasteiger partial charge in [-0.3, -0.25) is 0 Å². The van der Waals surface area contributed by atoms with Crippen LogP contribution < -0.4 is 0 Å². The molecule has 4 nitrogen and oxygen atoms in total. The number of benzene rings is 4. The van der Waals surface area contributed by atoms with Gasteiger partial charge >= 0.3 is 6.18 Å². The van der Waals surface area contributed by atoms with Gasteiger partial charge in [0.25, 0.3) is 5.55 Å². The summed E-state index contributed by atoms with van der Waals surface area (Å²) in [4.78, 5) is 8.85. The number of rotatable bonds is 8. The van der Waals surface area contributed by atoms with Gasteiger partial charge in [0, 0.05) is 57.1 Å². The molecule has 1 atom stereocenters. The molecule has 4 aromatic carbocycles. The molecule has 0 spiro atoms. The fourth-order valence-electron chi connectivity index (χ4n) is 8.01.